The number of aromatic amines is 1. The van der Waals surface area contributed by atoms with Gasteiger partial charge in [0.1, 0.15) is 5.82 Å². The number of rotatable bonds is 5. The van der Waals surface area contributed by atoms with E-state index in [9.17, 15) is 4.39 Å². The molecule has 1 aromatic heterocycles. The summed E-state index contributed by atoms with van der Waals surface area (Å²) >= 11 is 0. The van der Waals surface area contributed by atoms with Crippen LogP contribution in [0.5, 0.6) is 0 Å². The Morgan fingerprint density at radius 2 is 1.85 bits per heavy atom. The van der Waals surface area contributed by atoms with E-state index in [-0.39, 0.29) is 5.82 Å². The first-order valence-electron chi connectivity index (χ1n) is 9.89. The van der Waals surface area contributed by atoms with Crippen molar-refractivity contribution < 1.29 is 4.39 Å². The molecule has 0 radical (unpaired) electrons. The van der Waals surface area contributed by atoms with Gasteiger partial charge in [-0.2, -0.15) is 0 Å². The van der Waals surface area contributed by atoms with Crippen LogP contribution >= 0.6 is 0 Å². The van der Waals surface area contributed by atoms with Crippen LogP contribution in [0.2, 0.25) is 0 Å². The molecule has 1 N–H and O–H groups in total. The van der Waals surface area contributed by atoms with Crippen LogP contribution in [0.25, 0.3) is 10.9 Å². The van der Waals surface area contributed by atoms with E-state index < -0.39 is 0 Å². The lowest BCUT2D eigenvalue weighted by Gasteiger charge is -2.35. The van der Waals surface area contributed by atoms with Gasteiger partial charge in [-0.15, -0.1) is 0 Å². The molecule has 3 heterocycles. The zero-order valence-corrected chi connectivity index (χ0v) is 15.0. The number of unbranched alkanes of at least 4 members (excludes halogenated alkanes) is 1. The Morgan fingerprint density at radius 3 is 2.73 bits per heavy atom. The topological polar surface area (TPSA) is 19.0 Å². The molecule has 1 saturated heterocycles. The van der Waals surface area contributed by atoms with Crippen LogP contribution in [0, 0.1) is 5.82 Å². The first kappa shape index (κ1) is 16.1. The molecular weight excluding hydrogens is 323 g/mol. The summed E-state index contributed by atoms with van der Waals surface area (Å²) in [7, 11) is 0. The maximum absolute atomic E-state index is 13.0. The quantitative estimate of drug-likeness (QED) is 0.612. The molecule has 0 aliphatic carbocycles. The largest absolute Gasteiger partial charge is 0.358 e. The third kappa shape index (κ3) is 2.75. The van der Waals surface area contributed by atoms with Crippen molar-refractivity contribution >= 4 is 10.9 Å². The SMILES string of the molecule is Fc1ccc(CCCCN2C3CCC2c2c([nH]c4ccccc24)C3)cc1. The van der Waals surface area contributed by atoms with Crippen LogP contribution in [-0.2, 0) is 12.8 Å². The van der Waals surface area contributed by atoms with Crippen LogP contribution in [-0.4, -0.2) is 22.5 Å². The van der Waals surface area contributed by atoms with Gasteiger partial charge >= 0.3 is 0 Å². The monoisotopic (exact) mass is 348 g/mol. The molecule has 2 aromatic carbocycles. The lowest BCUT2D eigenvalue weighted by molar-refractivity contribution is 0.174. The minimum Gasteiger partial charge on any atom is -0.358 e. The van der Waals surface area contributed by atoms with E-state index in [1.165, 1.54) is 60.8 Å². The molecule has 0 saturated carbocycles. The van der Waals surface area contributed by atoms with Gasteiger partial charge in [0.2, 0.25) is 0 Å². The maximum atomic E-state index is 13.0. The fraction of sp³-hybridized carbons (Fsp3) is 0.391. The number of hydrogen-bond donors (Lipinski definition) is 1. The summed E-state index contributed by atoms with van der Waals surface area (Å²) in [6.45, 7) is 1.18. The average Bonchev–Trinajstić information content (AvgIpc) is 3.16. The highest BCUT2D eigenvalue weighted by Gasteiger charge is 2.41. The van der Waals surface area contributed by atoms with Crippen molar-refractivity contribution in [2.45, 2.75) is 50.6 Å². The van der Waals surface area contributed by atoms with Crippen molar-refractivity contribution in [1.82, 2.24) is 9.88 Å². The number of nitrogens with zero attached hydrogens (tertiary/aromatic N) is 1. The van der Waals surface area contributed by atoms with Gasteiger partial charge in [-0.25, -0.2) is 4.39 Å². The Balaban J connectivity index is 1.27. The highest BCUT2D eigenvalue weighted by Crippen LogP contribution is 2.46. The molecule has 2 bridgehead atoms. The number of aromatic nitrogens is 1. The number of H-pyrrole nitrogens is 1. The van der Waals surface area contributed by atoms with Gasteiger partial charge in [0.05, 0.1) is 0 Å². The van der Waals surface area contributed by atoms with Gasteiger partial charge in [0.15, 0.2) is 0 Å². The number of halogens is 1. The number of aryl methyl sites for hydroxylation is 1. The number of para-hydroxylation sites is 1. The van der Waals surface area contributed by atoms with Crippen molar-refractivity contribution in [1.29, 1.82) is 0 Å². The number of nitrogens with one attached hydrogen (secondary N) is 1. The molecule has 2 nitrogen and oxygen atoms in total. The predicted molar refractivity (Wildman–Crippen MR) is 104 cm³/mol. The van der Waals surface area contributed by atoms with Gasteiger partial charge in [0, 0.05) is 35.1 Å². The second-order valence-corrected chi connectivity index (χ2v) is 7.84. The van der Waals surface area contributed by atoms with Crippen molar-refractivity contribution in [3.8, 4) is 0 Å². The molecule has 1 fully saturated rings. The minimum absolute atomic E-state index is 0.145. The van der Waals surface area contributed by atoms with Crippen LogP contribution < -0.4 is 0 Å². The zero-order chi connectivity index (χ0) is 17.5. The van der Waals surface area contributed by atoms with E-state index in [1.54, 1.807) is 17.7 Å². The Kier molecular flexibility index (Phi) is 4.05. The Hall–Kier alpha value is -2.13. The van der Waals surface area contributed by atoms with Gasteiger partial charge in [0.25, 0.3) is 0 Å². The highest BCUT2D eigenvalue weighted by molar-refractivity contribution is 5.85. The average molecular weight is 348 g/mol. The number of fused-ring (bicyclic) bond motifs is 6. The first-order chi connectivity index (χ1) is 12.8. The summed E-state index contributed by atoms with van der Waals surface area (Å²) in [6, 6.07) is 17.0. The van der Waals surface area contributed by atoms with Crippen molar-refractivity contribution in [3.63, 3.8) is 0 Å². The molecule has 0 spiro atoms. The third-order valence-electron chi connectivity index (χ3n) is 6.29. The normalized spacial score (nSPS) is 22.0. The molecule has 134 valence electrons. The molecule has 2 aliphatic heterocycles. The molecule has 5 rings (SSSR count). The molecular formula is C23H25FN2. The van der Waals surface area contributed by atoms with Crippen molar-refractivity contribution in [2.24, 2.45) is 0 Å². The standard InChI is InChI=1S/C23H25FN2/c24-17-10-8-16(9-11-17)5-3-4-14-26-18-12-13-22(26)23-19-6-1-2-7-20(19)25-21(23)15-18/h1-2,6-11,18,22,25H,3-5,12-15H2. The van der Waals surface area contributed by atoms with E-state index in [1.807, 2.05) is 12.1 Å². The van der Waals surface area contributed by atoms with Gasteiger partial charge in [-0.3, -0.25) is 4.90 Å². The van der Waals surface area contributed by atoms with Gasteiger partial charge < -0.3 is 4.98 Å². The zero-order valence-electron chi connectivity index (χ0n) is 15.0. The summed E-state index contributed by atoms with van der Waals surface area (Å²) in [6.07, 6.45) is 7.20. The summed E-state index contributed by atoms with van der Waals surface area (Å²) in [5.41, 5.74) is 5.57. The summed E-state index contributed by atoms with van der Waals surface area (Å²) in [5.74, 6) is -0.145. The van der Waals surface area contributed by atoms with Crippen molar-refractivity contribution in [2.75, 3.05) is 6.54 Å². The van der Waals surface area contributed by atoms with Crippen LogP contribution in [0.3, 0.4) is 0 Å². The van der Waals surface area contributed by atoms with Gasteiger partial charge in [-0.1, -0.05) is 30.3 Å². The molecule has 2 unspecified atom stereocenters. The number of benzene rings is 2. The summed E-state index contributed by atoms with van der Waals surface area (Å²) in [4.78, 5) is 6.43. The lowest BCUT2D eigenvalue weighted by Crippen LogP contribution is -2.37. The fourth-order valence-corrected chi connectivity index (χ4v) is 5.08. The van der Waals surface area contributed by atoms with Gasteiger partial charge in [-0.05, 0) is 68.0 Å². The Bertz CT molecular complexity index is 912. The summed E-state index contributed by atoms with van der Waals surface area (Å²) < 4.78 is 13.0. The molecule has 26 heavy (non-hydrogen) atoms. The maximum Gasteiger partial charge on any atom is 0.123 e. The second-order valence-electron chi connectivity index (χ2n) is 7.84. The van der Waals surface area contributed by atoms with Crippen LogP contribution in [0.15, 0.2) is 48.5 Å². The van der Waals surface area contributed by atoms with Crippen LogP contribution in [0.4, 0.5) is 4.39 Å². The molecule has 3 aromatic rings. The van der Waals surface area contributed by atoms with E-state index in [4.69, 9.17) is 0 Å². The third-order valence-corrected chi connectivity index (χ3v) is 6.29. The van der Waals surface area contributed by atoms with Crippen LogP contribution in [0.1, 0.15) is 48.5 Å². The van der Waals surface area contributed by atoms with Crippen molar-refractivity contribution in [3.05, 3.63) is 71.2 Å². The highest BCUT2D eigenvalue weighted by atomic mass is 19.1. The lowest BCUT2D eigenvalue weighted by atomic mass is 9.96. The molecule has 3 heteroatoms. The minimum atomic E-state index is -0.145. The van der Waals surface area contributed by atoms with E-state index >= 15 is 0 Å². The smallest absolute Gasteiger partial charge is 0.123 e. The Morgan fingerprint density at radius 1 is 1.00 bits per heavy atom. The van der Waals surface area contributed by atoms with E-state index in [0.29, 0.717) is 12.1 Å². The molecule has 2 aliphatic rings. The van der Waals surface area contributed by atoms with E-state index in [0.717, 1.165) is 6.42 Å². The Labute approximate surface area is 154 Å². The fourth-order valence-electron chi connectivity index (χ4n) is 5.08. The molecule has 0 amide bonds. The predicted octanol–water partition coefficient (Wildman–Crippen LogP) is 5.39. The first-order valence-corrected chi connectivity index (χ1v) is 9.89. The summed E-state index contributed by atoms with van der Waals surface area (Å²) in [5, 5.41) is 1.42. The second kappa shape index (κ2) is 6.55. The number of hydrogen-bond acceptors (Lipinski definition) is 1. The molecule has 2 atom stereocenters. The van der Waals surface area contributed by atoms with E-state index in [2.05, 4.69) is 34.1 Å².